The fourth-order valence-corrected chi connectivity index (χ4v) is 2.43. The molecule has 6 nitrogen and oxygen atoms in total. The molecular formula is C17H34N4O2. The molecule has 0 radical (unpaired) electrons. The van der Waals surface area contributed by atoms with Crippen LogP contribution >= 0.6 is 0 Å². The van der Waals surface area contributed by atoms with Crippen LogP contribution in [0, 0.1) is 5.92 Å². The minimum atomic E-state index is 0.243. The first kappa shape index (κ1) is 19.7. The van der Waals surface area contributed by atoms with Crippen LogP contribution in [0.3, 0.4) is 0 Å². The number of hydrogen-bond acceptors (Lipinski definition) is 3. The molecule has 23 heavy (non-hydrogen) atoms. The van der Waals surface area contributed by atoms with Gasteiger partial charge in [0, 0.05) is 52.4 Å². The van der Waals surface area contributed by atoms with Gasteiger partial charge in [0.2, 0.25) is 5.91 Å². The summed E-state index contributed by atoms with van der Waals surface area (Å²) < 4.78 is 5.55. The largest absolute Gasteiger partial charge is 0.381 e. The van der Waals surface area contributed by atoms with E-state index >= 15 is 0 Å². The summed E-state index contributed by atoms with van der Waals surface area (Å²) >= 11 is 0. The van der Waals surface area contributed by atoms with Gasteiger partial charge in [-0.05, 0) is 32.1 Å². The zero-order chi connectivity index (χ0) is 16.9. The quantitative estimate of drug-likeness (QED) is 0.364. The van der Waals surface area contributed by atoms with E-state index in [2.05, 4.69) is 29.5 Å². The van der Waals surface area contributed by atoms with Crippen molar-refractivity contribution in [2.45, 2.75) is 46.5 Å². The molecule has 2 N–H and O–H groups in total. The van der Waals surface area contributed by atoms with Crippen LogP contribution in [0.4, 0.5) is 0 Å². The lowest BCUT2D eigenvalue weighted by molar-refractivity contribution is -0.129. The smallest absolute Gasteiger partial charge is 0.224 e. The van der Waals surface area contributed by atoms with E-state index in [1.54, 1.807) is 0 Å². The van der Waals surface area contributed by atoms with Crippen LogP contribution in [0.5, 0.6) is 0 Å². The Hall–Kier alpha value is -1.30. The van der Waals surface area contributed by atoms with Gasteiger partial charge in [-0.1, -0.05) is 13.8 Å². The monoisotopic (exact) mass is 326 g/mol. The van der Waals surface area contributed by atoms with Crippen LogP contribution in [-0.4, -0.2) is 62.7 Å². The number of rotatable bonds is 10. The average Bonchev–Trinajstić information content (AvgIpc) is 3.04. The zero-order valence-electron chi connectivity index (χ0n) is 15.1. The van der Waals surface area contributed by atoms with E-state index in [-0.39, 0.29) is 5.91 Å². The normalized spacial score (nSPS) is 15.3. The lowest BCUT2D eigenvalue weighted by atomic mass is 10.2. The Balaban J connectivity index is 2.17. The van der Waals surface area contributed by atoms with Gasteiger partial charge in [-0.15, -0.1) is 0 Å². The Bertz CT molecular complexity index is 353. The summed E-state index contributed by atoms with van der Waals surface area (Å²) in [6, 6.07) is 0. The minimum Gasteiger partial charge on any atom is -0.381 e. The van der Waals surface area contributed by atoms with Crippen molar-refractivity contribution in [1.29, 1.82) is 0 Å². The summed E-state index contributed by atoms with van der Waals surface area (Å²) in [6.45, 7) is 11.9. The van der Waals surface area contributed by atoms with Crippen LogP contribution in [0.2, 0.25) is 0 Å². The van der Waals surface area contributed by atoms with Gasteiger partial charge < -0.3 is 20.3 Å². The molecule has 0 unspecified atom stereocenters. The molecule has 0 aromatic heterocycles. The Morgan fingerprint density at radius 3 is 2.65 bits per heavy atom. The number of hydrogen-bond donors (Lipinski definition) is 2. The van der Waals surface area contributed by atoms with Crippen LogP contribution < -0.4 is 10.6 Å². The summed E-state index contributed by atoms with van der Waals surface area (Å²) in [7, 11) is 0. The van der Waals surface area contributed by atoms with Gasteiger partial charge in [0.25, 0.3) is 0 Å². The van der Waals surface area contributed by atoms with Crippen molar-refractivity contribution in [2.75, 3.05) is 45.9 Å². The molecule has 0 aromatic rings. The van der Waals surface area contributed by atoms with E-state index in [9.17, 15) is 4.79 Å². The number of aliphatic imine (C=N–C) groups is 1. The molecule has 1 saturated heterocycles. The molecule has 1 aliphatic rings. The van der Waals surface area contributed by atoms with Crippen molar-refractivity contribution in [3.05, 3.63) is 0 Å². The maximum Gasteiger partial charge on any atom is 0.224 e. The SMILES string of the molecule is CCNC(=NCCCOCC(C)C)NCCC(=O)N1CCCC1. The number of likely N-dealkylation sites (tertiary alicyclic amines) is 1. The molecule has 0 bridgehead atoms. The molecule has 1 aliphatic heterocycles. The molecule has 0 aromatic carbocycles. The van der Waals surface area contributed by atoms with Crippen LogP contribution in [0.25, 0.3) is 0 Å². The number of carbonyl (C=O) groups is 1. The van der Waals surface area contributed by atoms with Gasteiger partial charge in [-0.25, -0.2) is 0 Å². The fraction of sp³-hybridized carbons (Fsp3) is 0.882. The highest BCUT2D eigenvalue weighted by molar-refractivity contribution is 5.81. The van der Waals surface area contributed by atoms with E-state index in [1.165, 1.54) is 0 Å². The molecule has 1 rings (SSSR count). The molecule has 1 amide bonds. The third-order valence-electron chi connectivity index (χ3n) is 3.60. The summed E-state index contributed by atoms with van der Waals surface area (Å²) in [4.78, 5) is 18.5. The maximum atomic E-state index is 12.0. The topological polar surface area (TPSA) is 66.0 Å². The van der Waals surface area contributed by atoms with Gasteiger partial charge in [0.1, 0.15) is 0 Å². The second-order valence-corrected chi connectivity index (χ2v) is 6.35. The Morgan fingerprint density at radius 2 is 2.00 bits per heavy atom. The maximum absolute atomic E-state index is 12.0. The van der Waals surface area contributed by atoms with Crippen molar-refractivity contribution >= 4 is 11.9 Å². The number of guanidine groups is 1. The first-order chi connectivity index (χ1) is 11.1. The highest BCUT2D eigenvalue weighted by Crippen LogP contribution is 2.08. The first-order valence-corrected chi connectivity index (χ1v) is 9.01. The summed E-state index contributed by atoms with van der Waals surface area (Å²) in [6.07, 6.45) is 3.72. The highest BCUT2D eigenvalue weighted by Gasteiger charge is 2.17. The number of ether oxygens (including phenoxy) is 1. The Labute approximate surface area is 141 Å². The van der Waals surface area contributed by atoms with Crippen LogP contribution in [0.15, 0.2) is 4.99 Å². The van der Waals surface area contributed by atoms with Gasteiger partial charge >= 0.3 is 0 Å². The molecule has 6 heteroatoms. The second-order valence-electron chi connectivity index (χ2n) is 6.35. The molecule has 0 saturated carbocycles. The van der Waals surface area contributed by atoms with Crippen molar-refractivity contribution < 1.29 is 9.53 Å². The number of nitrogens with zero attached hydrogens (tertiary/aromatic N) is 2. The lowest BCUT2D eigenvalue weighted by Crippen LogP contribution is -2.39. The molecule has 1 fully saturated rings. The third-order valence-corrected chi connectivity index (χ3v) is 3.60. The van der Waals surface area contributed by atoms with E-state index in [1.807, 2.05) is 11.8 Å². The summed E-state index contributed by atoms with van der Waals surface area (Å²) in [5.41, 5.74) is 0. The number of carbonyl (C=O) groups excluding carboxylic acids is 1. The van der Waals surface area contributed by atoms with Crippen LogP contribution in [0.1, 0.15) is 46.5 Å². The zero-order valence-corrected chi connectivity index (χ0v) is 15.1. The van der Waals surface area contributed by atoms with Gasteiger partial charge in [0.05, 0.1) is 0 Å². The highest BCUT2D eigenvalue weighted by atomic mass is 16.5. The summed E-state index contributed by atoms with van der Waals surface area (Å²) in [5.74, 6) is 1.60. The summed E-state index contributed by atoms with van der Waals surface area (Å²) in [5, 5.41) is 6.44. The molecular weight excluding hydrogens is 292 g/mol. The van der Waals surface area contributed by atoms with Crippen molar-refractivity contribution in [3.8, 4) is 0 Å². The predicted octanol–water partition coefficient (Wildman–Crippen LogP) is 1.62. The van der Waals surface area contributed by atoms with Gasteiger partial charge in [0.15, 0.2) is 5.96 Å². The molecule has 134 valence electrons. The Morgan fingerprint density at radius 1 is 1.26 bits per heavy atom. The fourth-order valence-electron chi connectivity index (χ4n) is 2.43. The van der Waals surface area contributed by atoms with Crippen molar-refractivity contribution in [3.63, 3.8) is 0 Å². The molecule has 0 spiro atoms. The number of nitrogens with one attached hydrogen (secondary N) is 2. The van der Waals surface area contributed by atoms with Crippen LogP contribution in [-0.2, 0) is 9.53 Å². The molecule has 0 aliphatic carbocycles. The minimum absolute atomic E-state index is 0.243. The molecule has 1 heterocycles. The van der Waals surface area contributed by atoms with Crippen molar-refractivity contribution in [2.24, 2.45) is 10.9 Å². The standard InChI is InChI=1S/C17H34N4O2/c1-4-18-17(19-9-7-13-23-14-15(2)3)20-10-8-16(22)21-11-5-6-12-21/h15H,4-14H2,1-3H3,(H2,18,19,20). The predicted molar refractivity (Wildman–Crippen MR) is 94.7 cm³/mol. The van der Waals surface area contributed by atoms with Crippen molar-refractivity contribution in [1.82, 2.24) is 15.5 Å². The lowest BCUT2D eigenvalue weighted by Gasteiger charge is -2.16. The molecule has 0 atom stereocenters. The first-order valence-electron chi connectivity index (χ1n) is 9.01. The number of amides is 1. The third kappa shape index (κ3) is 9.43. The second kappa shape index (κ2) is 12.2. The van der Waals surface area contributed by atoms with E-state index < -0.39 is 0 Å². The van der Waals surface area contributed by atoms with Gasteiger partial charge in [-0.3, -0.25) is 9.79 Å². The average molecular weight is 326 g/mol. The van der Waals surface area contributed by atoms with E-state index in [0.29, 0.717) is 18.9 Å². The van der Waals surface area contributed by atoms with Gasteiger partial charge in [-0.2, -0.15) is 0 Å². The van der Waals surface area contributed by atoms with E-state index in [4.69, 9.17) is 4.74 Å². The van der Waals surface area contributed by atoms with E-state index in [0.717, 1.165) is 64.6 Å². The Kier molecular flexibility index (Phi) is 10.4.